The molecule has 1 N–H and O–H groups in total. The summed E-state index contributed by atoms with van der Waals surface area (Å²) in [6.45, 7) is 5.15. The third-order valence-electron chi connectivity index (χ3n) is 2.22. The lowest BCUT2D eigenvalue weighted by atomic mass is 10.6. The van der Waals surface area contributed by atoms with E-state index in [1.54, 1.807) is 4.57 Å². The number of nitrogens with zero attached hydrogens (tertiary/aromatic N) is 3. The van der Waals surface area contributed by atoms with Gasteiger partial charge in [-0.1, -0.05) is 6.08 Å². The molecule has 0 saturated heterocycles. The zero-order chi connectivity index (χ0) is 13.8. The SMILES string of the molecule is C=CCN(CC(=O)O)S(=O)(=O)c1cn(CC)cn1. The quantitative estimate of drug-likeness (QED) is 0.715. The van der Waals surface area contributed by atoms with Gasteiger partial charge in [-0.2, -0.15) is 4.31 Å². The Balaban J connectivity index is 3.07. The highest BCUT2D eigenvalue weighted by Crippen LogP contribution is 2.13. The number of carbonyl (C=O) groups is 1. The van der Waals surface area contributed by atoms with Crippen molar-refractivity contribution in [2.75, 3.05) is 13.1 Å². The van der Waals surface area contributed by atoms with E-state index in [9.17, 15) is 13.2 Å². The fourth-order valence-electron chi connectivity index (χ4n) is 1.32. The Morgan fingerprint density at radius 3 is 2.78 bits per heavy atom. The number of hydrogen-bond donors (Lipinski definition) is 1. The first-order valence-electron chi connectivity index (χ1n) is 5.26. The van der Waals surface area contributed by atoms with Gasteiger partial charge in [0.15, 0.2) is 5.03 Å². The number of aryl methyl sites for hydroxylation is 1. The van der Waals surface area contributed by atoms with Crippen molar-refractivity contribution in [1.82, 2.24) is 13.9 Å². The van der Waals surface area contributed by atoms with Crippen LogP contribution in [0, 0.1) is 0 Å². The van der Waals surface area contributed by atoms with Gasteiger partial charge in [-0.05, 0) is 6.92 Å². The highest BCUT2D eigenvalue weighted by atomic mass is 32.2. The second kappa shape index (κ2) is 5.78. The Hall–Kier alpha value is -1.67. The van der Waals surface area contributed by atoms with Gasteiger partial charge in [-0.25, -0.2) is 13.4 Å². The van der Waals surface area contributed by atoms with E-state index in [0.29, 0.717) is 6.54 Å². The molecule has 0 saturated carbocycles. The zero-order valence-electron chi connectivity index (χ0n) is 9.98. The number of carboxylic acids is 1. The van der Waals surface area contributed by atoms with Gasteiger partial charge < -0.3 is 9.67 Å². The monoisotopic (exact) mass is 273 g/mol. The van der Waals surface area contributed by atoms with Crippen LogP contribution in [0.3, 0.4) is 0 Å². The van der Waals surface area contributed by atoms with Crippen LogP contribution in [-0.4, -0.2) is 46.4 Å². The number of imidazole rings is 1. The lowest BCUT2D eigenvalue weighted by Crippen LogP contribution is -2.36. The van der Waals surface area contributed by atoms with Crippen molar-refractivity contribution < 1.29 is 18.3 Å². The van der Waals surface area contributed by atoms with Crippen LogP contribution in [-0.2, 0) is 21.4 Å². The Morgan fingerprint density at radius 1 is 1.67 bits per heavy atom. The van der Waals surface area contributed by atoms with Gasteiger partial charge in [0.05, 0.1) is 6.33 Å². The summed E-state index contributed by atoms with van der Waals surface area (Å²) in [5.41, 5.74) is 0. The molecule has 0 aliphatic heterocycles. The van der Waals surface area contributed by atoms with E-state index in [1.807, 2.05) is 6.92 Å². The predicted molar refractivity (Wildman–Crippen MR) is 64.5 cm³/mol. The summed E-state index contributed by atoms with van der Waals surface area (Å²) in [7, 11) is -3.90. The number of hydrogen-bond acceptors (Lipinski definition) is 4. The highest BCUT2D eigenvalue weighted by molar-refractivity contribution is 7.89. The molecule has 0 atom stereocenters. The fourth-order valence-corrected chi connectivity index (χ4v) is 2.62. The average molecular weight is 273 g/mol. The molecule has 0 bridgehead atoms. The van der Waals surface area contributed by atoms with Crippen molar-refractivity contribution in [3.63, 3.8) is 0 Å². The van der Waals surface area contributed by atoms with Gasteiger partial charge in [0.1, 0.15) is 6.54 Å². The Kier molecular flexibility index (Phi) is 4.62. The van der Waals surface area contributed by atoms with Crippen molar-refractivity contribution in [3.05, 3.63) is 25.2 Å². The lowest BCUT2D eigenvalue weighted by Gasteiger charge is -2.16. The first-order chi connectivity index (χ1) is 8.41. The first-order valence-corrected chi connectivity index (χ1v) is 6.70. The molecule has 0 spiro atoms. The van der Waals surface area contributed by atoms with Crippen molar-refractivity contribution in [2.45, 2.75) is 18.5 Å². The van der Waals surface area contributed by atoms with E-state index in [2.05, 4.69) is 11.6 Å². The summed E-state index contributed by atoms with van der Waals surface area (Å²) in [6, 6.07) is 0. The van der Waals surface area contributed by atoms with E-state index < -0.39 is 22.5 Å². The molecule has 0 amide bonds. The van der Waals surface area contributed by atoms with Gasteiger partial charge >= 0.3 is 5.97 Å². The second-order valence-corrected chi connectivity index (χ2v) is 5.41. The van der Waals surface area contributed by atoms with Crippen LogP contribution in [0.5, 0.6) is 0 Å². The fraction of sp³-hybridized carbons (Fsp3) is 0.400. The van der Waals surface area contributed by atoms with E-state index in [1.165, 1.54) is 18.6 Å². The van der Waals surface area contributed by atoms with Gasteiger partial charge in [0, 0.05) is 19.3 Å². The maximum absolute atomic E-state index is 12.1. The molecular weight excluding hydrogens is 258 g/mol. The average Bonchev–Trinajstić information content (AvgIpc) is 2.77. The summed E-state index contributed by atoms with van der Waals surface area (Å²) in [5, 5.41) is 8.55. The molecule has 0 fully saturated rings. The van der Waals surface area contributed by atoms with E-state index in [0.717, 1.165) is 4.31 Å². The van der Waals surface area contributed by atoms with E-state index in [4.69, 9.17) is 5.11 Å². The van der Waals surface area contributed by atoms with E-state index in [-0.39, 0.29) is 11.6 Å². The van der Waals surface area contributed by atoms with Gasteiger partial charge in [0.2, 0.25) is 0 Å². The Morgan fingerprint density at radius 2 is 2.33 bits per heavy atom. The van der Waals surface area contributed by atoms with Crippen LogP contribution in [0.1, 0.15) is 6.92 Å². The maximum atomic E-state index is 12.1. The zero-order valence-corrected chi connectivity index (χ0v) is 10.8. The van der Waals surface area contributed by atoms with E-state index >= 15 is 0 Å². The molecule has 0 aliphatic carbocycles. The van der Waals surface area contributed by atoms with Gasteiger partial charge in [0.25, 0.3) is 10.0 Å². The molecule has 1 aromatic heterocycles. The largest absolute Gasteiger partial charge is 0.480 e. The topological polar surface area (TPSA) is 92.5 Å². The van der Waals surface area contributed by atoms with Crippen molar-refractivity contribution >= 4 is 16.0 Å². The van der Waals surface area contributed by atoms with Crippen LogP contribution in [0.15, 0.2) is 30.2 Å². The normalized spacial score (nSPS) is 11.7. The molecule has 8 heteroatoms. The van der Waals surface area contributed by atoms with Crippen LogP contribution in [0.4, 0.5) is 0 Å². The maximum Gasteiger partial charge on any atom is 0.318 e. The smallest absolute Gasteiger partial charge is 0.318 e. The number of rotatable bonds is 7. The minimum atomic E-state index is -3.90. The minimum Gasteiger partial charge on any atom is -0.480 e. The Labute approximate surface area is 105 Å². The molecule has 0 aromatic carbocycles. The van der Waals surface area contributed by atoms with Gasteiger partial charge in [-0.3, -0.25) is 4.79 Å². The number of sulfonamides is 1. The molecule has 0 radical (unpaired) electrons. The van der Waals surface area contributed by atoms with Crippen molar-refractivity contribution in [1.29, 1.82) is 0 Å². The molecule has 0 unspecified atom stereocenters. The number of aliphatic carboxylic acids is 1. The van der Waals surface area contributed by atoms with Crippen LogP contribution < -0.4 is 0 Å². The first kappa shape index (κ1) is 14.4. The molecule has 7 nitrogen and oxygen atoms in total. The summed E-state index contributed by atoms with van der Waals surface area (Å²) in [4.78, 5) is 14.4. The van der Waals surface area contributed by atoms with Crippen molar-refractivity contribution in [3.8, 4) is 0 Å². The van der Waals surface area contributed by atoms with Gasteiger partial charge in [-0.15, -0.1) is 6.58 Å². The molecule has 18 heavy (non-hydrogen) atoms. The molecular formula is C10H15N3O4S. The molecule has 1 aromatic rings. The minimum absolute atomic E-state index is 0.0758. The standard InChI is InChI=1S/C10H15N3O4S/c1-3-5-13(7-10(14)15)18(16,17)9-6-12(4-2)8-11-9/h3,6,8H,1,4-5,7H2,2H3,(H,14,15). The summed E-state index contributed by atoms with van der Waals surface area (Å²) < 4.78 is 26.7. The molecule has 100 valence electrons. The van der Waals surface area contributed by atoms with Crippen molar-refractivity contribution in [2.24, 2.45) is 0 Å². The predicted octanol–water partition coefficient (Wildman–Crippen LogP) is 0.164. The molecule has 1 rings (SSSR count). The third kappa shape index (κ3) is 3.17. The van der Waals surface area contributed by atoms with Crippen LogP contribution >= 0.6 is 0 Å². The summed E-state index contributed by atoms with van der Waals surface area (Å²) in [6.07, 6.45) is 4.09. The van der Waals surface area contributed by atoms with Crippen LogP contribution in [0.25, 0.3) is 0 Å². The molecule has 1 heterocycles. The molecule has 0 aliphatic rings. The van der Waals surface area contributed by atoms with Crippen LogP contribution in [0.2, 0.25) is 0 Å². The second-order valence-electron chi connectivity index (χ2n) is 3.52. The third-order valence-corrected chi connectivity index (χ3v) is 3.92. The number of carboxylic acid groups (broad SMARTS) is 1. The lowest BCUT2D eigenvalue weighted by molar-refractivity contribution is -0.137. The summed E-state index contributed by atoms with van der Waals surface area (Å²) >= 11 is 0. The Bertz CT molecular complexity index is 535. The summed E-state index contributed by atoms with van der Waals surface area (Å²) in [5.74, 6) is -1.23. The highest BCUT2D eigenvalue weighted by Gasteiger charge is 2.27. The number of aromatic nitrogens is 2.